The number of rotatable bonds is 4. The number of nitrogens with one attached hydrogen (secondary N) is 1. The molecule has 5 nitrogen and oxygen atoms in total. The molecule has 5 heteroatoms. The van der Waals surface area contributed by atoms with Crippen molar-refractivity contribution in [2.24, 2.45) is 0 Å². The Hall–Kier alpha value is -2.17. The average Bonchev–Trinajstić information content (AvgIpc) is 2.89. The molecule has 106 valence electrons. The van der Waals surface area contributed by atoms with Gasteiger partial charge < -0.3 is 14.8 Å². The second-order valence-corrected chi connectivity index (χ2v) is 4.78. The third-order valence-corrected chi connectivity index (χ3v) is 3.62. The van der Waals surface area contributed by atoms with E-state index in [2.05, 4.69) is 29.5 Å². The van der Waals surface area contributed by atoms with Gasteiger partial charge in [0.2, 0.25) is 0 Å². The van der Waals surface area contributed by atoms with E-state index < -0.39 is 0 Å². The summed E-state index contributed by atoms with van der Waals surface area (Å²) in [5, 5.41) is 7.83. The Morgan fingerprint density at radius 2 is 1.95 bits per heavy atom. The lowest BCUT2D eigenvalue weighted by atomic mass is 9.98. The lowest BCUT2D eigenvalue weighted by Gasteiger charge is -2.20. The Morgan fingerprint density at radius 3 is 2.65 bits per heavy atom. The van der Waals surface area contributed by atoms with Gasteiger partial charge >= 0.3 is 0 Å². The maximum atomic E-state index is 5.40. The molecular weight excluding hydrogens is 254 g/mol. The standard InChI is InChI=1S/C15H19N3O2/c1-4-16-15-9-12-11-8-14(20-3)13(19-2)7-10(11)5-6-18(12)17-15/h7-9H,4-6H2,1-3H3,(H,16,17). The SMILES string of the molecule is CCNc1cc2n(n1)CCc1cc(OC)c(OC)cc1-2. The fourth-order valence-corrected chi connectivity index (χ4v) is 2.66. The topological polar surface area (TPSA) is 48.3 Å². The smallest absolute Gasteiger partial charge is 0.161 e. The van der Waals surface area contributed by atoms with Gasteiger partial charge in [0.15, 0.2) is 11.5 Å². The van der Waals surface area contributed by atoms with E-state index in [9.17, 15) is 0 Å². The van der Waals surface area contributed by atoms with E-state index in [0.29, 0.717) is 0 Å². The molecule has 2 aromatic rings. The molecule has 0 aliphatic carbocycles. The molecule has 0 fully saturated rings. The number of hydrogen-bond donors (Lipinski definition) is 1. The minimum Gasteiger partial charge on any atom is -0.493 e. The summed E-state index contributed by atoms with van der Waals surface area (Å²) in [6.45, 7) is 3.83. The molecule has 2 heterocycles. The van der Waals surface area contributed by atoms with Crippen molar-refractivity contribution in [3.63, 3.8) is 0 Å². The number of fused-ring (bicyclic) bond motifs is 3. The summed E-state index contributed by atoms with van der Waals surface area (Å²) in [6.07, 6.45) is 0.954. The van der Waals surface area contributed by atoms with Crippen LogP contribution in [0.15, 0.2) is 18.2 Å². The number of hydrogen-bond acceptors (Lipinski definition) is 4. The summed E-state index contributed by atoms with van der Waals surface area (Å²) in [7, 11) is 3.33. The molecule has 0 saturated carbocycles. The maximum absolute atomic E-state index is 5.40. The first-order valence-corrected chi connectivity index (χ1v) is 6.83. The lowest BCUT2D eigenvalue weighted by molar-refractivity contribution is 0.354. The zero-order chi connectivity index (χ0) is 14.1. The quantitative estimate of drug-likeness (QED) is 0.930. The van der Waals surface area contributed by atoms with Crippen molar-refractivity contribution in [1.29, 1.82) is 0 Å². The minimum absolute atomic E-state index is 0.755. The van der Waals surface area contributed by atoms with E-state index >= 15 is 0 Å². The third kappa shape index (κ3) is 1.99. The Kier molecular flexibility index (Phi) is 3.26. The number of nitrogens with zero attached hydrogens (tertiary/aromatic N) is 2. The van der Waals surface area contributed by atoms with E-state index in [-0.39, 0.29) is 0 Å². The van der Waals surface area contributed by atoms with Crippen molar-refractivity contribution in [1.82, 2.24) is 9.78 Å². The molecule has 0 radical (unpaired) electrons. The number of ether oxygens (including phenoxy) is 2. The number of aryl methyl sites for hydroxylation is 2. The third-order valence-electron chi connectivity index (χ3n) is 3.62. The lowest BCUT2D eigenvalue weighted by Crippen LogP contribution is -2.12. The second kappa shape index (κ2) is 5.07. The monoisotopic (exact) mass is 273 g/mol. The van der Waals surface area contributed by atoms with Crippen molar-refractivity contribution in [3.8, 4) is 22.8 Å². The zero-order valence-corrected chi connectivity index (χ0v) is 12.1. The fraction of sp³-hybridized carbons (Fsp3) is 0.400. The van der Waals surface area contributed by atoms with Crippen LogP contribution < -0.4 is 14.8 Å². The Balaban J connectivity index is 2.10. The van der Waals surface area contributed by atoms with Crippen molar-refractivity contribution in [3.05, 3.63) is 23.8 Å². The van der Waals surface area contributed by atoms with Gasteiger partial charge in [-0.15, -0.1) is 0 Å². The molecule has 0 saturated heterocycles. The number of anilines is 1. The van der Waals surface area contributed by atoms with Gasteiger partial charge in [0, 0.05) is 24.7 Å². The van der Waals surface area contributed by atoms with Crippen LogP contribution in [0.2, 0.25) is 0 Å². The summed E-state index contributed by atoms with van der Waals surface area (Å²) >= 11 is 0. The van der Waals surface area contributed by atoms with Gasteiger partial charge in [0.1, 0.15) is 5.82 Å². The highest BCUT2D eigenvalue weighted by Crippen LogP contribution is 2.38. The molecular formula is C15H19N3O2. The van der Waals surface area contributed by atoms with Crippen molar-refractivity contribution in [2.75, 3.05) is 26.1 Å². The normalized spacial score (nSPS) is 12.6. The molecule has 0 spiro atoms. The predicted molar refractivity (Wildman–Crippen MR) is 78.6 cm³/mol. The molecule has 1 aliphatic rings. The van der Waals surface area contributed by atoms with E-state index in [0.717, 1.165) is 42.5 Å². The summed E-state index contributed by atoms with van der Waals surface area (Å²) in [4.78, 5) is 0. The van der Waals surface area contributed by atoms with Crippen LogP contribution in [-0.2, 0) is 13.0 Å². The molecule has 0 amide bonds. The van der Waals surface area contributed by atoms with Gasteiger partial charge in [-0.05, 0) is 31.0 Å². The van der Waals surface area contributed by atoms with Crippen LogP contribution in [0.5, 0.6) is 11.5 Å². The molecule has 0 atom stereocenters. The highest BCUT2D eigenvalue weighted by molar-refractivity contribution is 5.72. The second-order valence-electron chi connectivity index (χ2n) is 4.78. The van der Waals surface area contributed by atoms with Gasteiger partial charge in [-0.1, -0.05) is 0 Å². The molecule has 20 heavy (non-hydrogen) atoms. The van der Waals surface area contributed by atoms with Crippen LogP contribution in [0, 0.1) is 0 Å². The van der Waals surface area contributed by atoms with Gasteiger partial charge in [-0.25, -0.2) is 0 Å². The van der Waals surface area contributed by atoms with Crippen LogP contribution in [0.3, 0.4) is 0 Å². The molecule has 1 aromatic heterocycles. The van der Waals surface area contributed by atoms with Crippen molar-refractivity contribution < 1.29 is 9.47 Å². The Morgan fingerprint density at radius 1 is 1.20 bits per heavy atom. The predicted octanol–water partition coefficient (Wildman–Crippen LogP) is 2.56. The first-order valence-electron chi connectivity index (χ1n) is 6.83. The van der Waals surface area contributed by atoms with Crippen molar-refractivity contribution >= 4 is 5.82 Å². The molecule has 0 unspecified atom stereocenters. The van der Waals surface area contributed by atoms with Gasteiger partial charge in [0.25, 0.3) is 0 Å². The van der Waals surface area contributed by atoms with Crippen LogP contribution in [0.25, 0.3) is 11.3 Å². The number of aromatic nitrogens is 2. The fourth-order valence-electron chi connectivity index (χ4n) is 2.66. The minimum atomic E-state index is 0.755. The first kappa shape index (κ1) is 12.8. The van der Waals surface area contributed by atoms with Crippen LogP contribution in [0.4, 0.5) is 5.82 Å². The first-order chi connectivity index (χ1) is 9.76. The van der Waals surface area contributed by atoms with E-state index in [1.54, 1.807) is 14.2 Å². The van der Waals surface area contributed by atoms with E-state index in [4.69, 9.17) is 9.47 Å². The summed E-state index contributed by atoms with van der Waals surface area (Å²) < 4.78 is 12.8. The maximum Gasteiger partial charge on any atom is 0.161 e. The highest BCUT2D eigenvalue weighted by Gasteiger charge is 2.21. The number of benzene rings is 1. The molecule has 1 aliphatic heterocycles. The van der Waals surface area contributed by atoms with Gasteiger partial charge in [-0.3, -0.25) is 4.68 Å². The van der Waals surface area contributed by atoms with Crippen molar-refractivity contribution in [2.45, 2.75) is 19.9 Å². The summed E-state index contributed by atoms with van der Waals surface area (Å²) in [6, 6.07) is 6.20. The zero-order valence-electron chi connectivity index (χ0n) is 12.1. The van der Waals surface area contributed by atoms with E-state index in [1.165, 1.54) is 11.1 Å². The average molecular weight is 273 g/mol. The van der Waals surface area contributed by atoms with Gasteiger partial charge in [-0.2, -0.15) is 5.10 Å². The number of methoxy groups -OCH3 is 2. The van der Waals surface area contributed by atoms with Crippen LogP contribution in [0.1, 0.15) is 12.5 Å². The Bertz CT molecular complexity index is 634. The highest BCUT2D eigenvalue weighted by atomic mass is 16.5. The van der Waals surface area contributed by atoms with E-state index in [1.807, 2.05) is 10.7 Å². The van der Waals surface area contributed by atoms with Gasteiger partial charge in [0.05, 0.1) is 19.9 Å². The Labute approximate surface area is 118 Å². The summed E-state index contributed by atoms with van der Waals surface area (Å²) in [5.41, 5.74) is 3.58. The molecule has 0 bridgehead atoms. The van der Waals surface area contributed by atoms with Crippen LogP contribution >= 0.6 is 0 Å². The molecule has 3 rings (SSSR count). The largest absolute Gasteiger partial charge is 0.493 e. The summed E-state index contributed by atoms with van der Waals surface area (Å²) in [5.74, 6) is 2.46. The molecule has 1 N–H and O–H groups in total. The van der Waals surface area contributed by atoms with Crippen LogP contribution in [-0.4, -0.2) is 30.5 Å². The molecule has 1 aromatic carbocycles.